The molecule has 0 aromatic heterocycles. The Morgan fingerprint density at radius 1 is 0.800 bits per heavy atom. The Hall–Kier alpha value is -2.60. The second-order valence-electron chi connectivity index (χ2n) is 7.10. The van der Waals surface area contributed by atoms with E-state index < -0.39 is 0 Å². The first-order chi connectivity index (χ1) is 12.2. The number of rotatable bonds is 4. The van der Waals surface area contributed by atoms with E-state index in [4.69, 9.17) is 0 Å². The standard InChI is InChI=1S/C25H24/c1-18(2)23-16-21-14-9-15-22(21)17-24(23)25(19-10-5-3-6-11-19)20-12-7-4-8-13-20/h3-8,10-13,16-17,25H,1,9,14-15H2,2H3. The summed E-state index contributed by atoms with van der Waals surface area (Å²) in [5.74, 6) is 0.250. The molecule has 0 atom stereocenters. The lowest BCUT2D eigenvalue weighted by molar-refractivity contribution is 0.910. The maximum atomic E-state index is 4.28. The molecule has 0 amide bonds. The van der Waals surface area contributed by atoms with Crippen LogP contribution in [0.25, 0.3) is 5.57 Å². The average Bonchev–Trinajstić information content (AvgIpc) is 3.10. The van der Waals surface area contributed by atoms with E-state index in [1.165, 1.54) is 52.6 Å². The van der Waals surface area contributed by atoms with Gasteiger partial charge in [0.2, 0.25) is 0 Å². The van der Waals surface area contributed by atoms with Gasteiger partial charge in [0.15, 0.2) is 0 Å². The van der Waals surface area contributed by atoms with Crippen molar-refractivity contribution in [1.82, 2.24) is 0 Å². The summed E-state index contributed by atoms with van der Waals surface area (Å²) in [4.78, 5) is 0. The van der Waals surface area contributed by atoms with Gasteiger partial charge in [0, 0.05) is 5.92 Å². The van der Waals surface area contributed by atoms with Crippen LogP contribution in [0.3, 0.4) is 0 Å². The zero-order valence-corrected chi connectivity index (χ0v) is 14.8. The number of allylic oxidation sites excluding steroid dienone is 1. The fourth-order valence-electron chi connectivity index (χ4n) is 4.09. The highest BCUT2D eigenvalue weighted by Crippen LogP contribution is 2.39. The summed E-state index contributed by atoms with van der Waals surface area (Å²) in [5.41, 5.74) is 9.59. The smallest absolute Gasteiger partial charge is 0.0346 e. The van der Waals surface area contributed by atoms with Crippen molar-refractivity contribution in [2.24, 2.45) is 0 Å². The molecule has 0 heteroatoms. The van der Waals surface area contributed by atoms with Crippen molar-refractivity contribution in [2.75, 3.05) is 0 Å². The van der Waals surface area contributed by atoms with Crippen LogP contribution in [0.4, 0.5) is 0 Å². The minimum Gasteiger partial charge on any atom is -0.0955 e. The number of hydrogen-bond acceptors (Lipinski definition) is 0. The van der Waals surface area contributed by atoms with Crippen molar-refractivity contribution in [3.05, 3.63) is 113 Å². The fourth-order valence-corrected chi connectivity index (χ4v) is 4.09. The van der Waals surface area contributed by atoms with E-state index in [1.807, 2.05) is 0 Å². The van der Waals surface area contributed by atoms with Crippen molar-refractivity contribution < 1.29 is 0 Å². The molecule has 3 aromatic rings. The molecule has 0 unspecified atom stereocenters. The molecule has 0 heterocycles. The minimum atomic E-state index is 0.250. The number of hydrogen-bond donors (Lipinski definition) is 0. The van der Waals surface area contributed by atoms with E-state index in [-0.39, 0.29) is 5.92 Å². The molecule has 0 radical (unpaired) electrons. The Kier molecular flexibility index (Phi) is 4.28. The van der Waals surface area contributed by atoms with Crippen LogP contribution >= 0.6 is 0 Å². The van der Waals surface area contributed by atoms with Gasteiger partial charge in [-0.2, -0.15) is 0 Å². The molecule has 0 N–H and O–H groups in total. The highest BCUT2D eigenvalue weighted by Gasteiger charge is 2.23. The van der Waals surface area contributed by atoms with Crippen molar-refractivity contribution in [1.29, 1.82) is 0 Å². The molecule has 1 aliphatic rings. The second kappa shape index (κ2) is 6.72. The lowest BCUT2D eigenvalue weighted by Gasteiger charge is -2.23. The molecule has 0 bridgehead atoms. The molecule has 4 rings (SSSR count). The summed E-state index contributed by atoms with van der Waals surface area (Å²) in [7, 11) is 0. The van der Waals surface area contributed by atoms with E-state index in [1.54, 1.807) is 0 Å². The van der Waals surface area contributed by atoms with Crippen molar-refractivity contribution in [2.45, 2.75) is 32.1 Å². The molecule has 1 aliphatic carbocycles. The molecule has 0 saturated heterocycles. The molecular formula is C25H24. The van der Waals surface area contributed by atoms with E-state index in [0.29, 0.717) is 0 Å². The molecule has 124 valence electrons. The van der Waals surface area contributed by atoms with Gasteiger partial charge in [-0.3, -0.25) is 0 Å². The van der Waals surface area contributed by atoms with Crippen LogP contribution in [0.15, 0.2) is 79.4 Å². The van der Waals surface area contributed by atoms with Gasteiger partial charge in [-0.1, -0.05) is 84.9 Å². The summed E-state index contributed by atoms with van der Waals surface area (Å²) >= 11 is 0. The molecule has 0 spiro atoms. The van der Waals surface area contributed by atoms with Crippen LogP contribution < -0.4 is 0 Å². The zero-order chi connectivity index (χ0) is 17.2. The fraction of sp³-hybridized carbons (Fsp3) is 0.200. The van der Waals surface area contributed by atoms with Gasteiger partial charge in [0.25, 0.3) is 0 Å². The highest BCUT2D eigenvalue weighted by atomic mass is 14.3. The molecule has 0 nitrogen and oxygen atoms in total. The lowest BCUT2D eigenvalue weighted by Crippen LogP contribution is -2.07. The maximum absolute atomic E-state index is 4.28. The molecule has 3 aromatic carbocycles. The molecule has 0 fully saturated rings. The Bertz CT molecular complexity index is 849. The van der Waals surface area contributed by atoms with Crippen molar-refractivity contribution >= 4 is 5.57 Å². The first kappa shape index (κ1) is 15.9. The quantitative estimate of drug-likeness (QED) is 0.488. The average molecular weight is 324 g/mol. The van der Waals surface area contributed by atoms with Crippen LogP contribution in [0.1, 0.15) is 52.6 Å². The SMILES string of the molecule is C=C(C)c1cc2c(cc1C(c1ccccc1)c1ccccc1)CCC2. The first-order valence-corrected chi connectivity index (χ1v) is 9.15. The van der Waals surface area contributed by atoms with Crippen LogP contribution in [0, 0.1) is 0 Å². The summed E-state index contributed by atoms with van der Waals surface area (Å²) in [6, 6.07) is 26.6. The van der Waals surface area contributed by atoms with Gasteiger partial charge in [-0.25, -0.2) is 0 Å². The lowest BCUT2D eigenvalue weighted by atomic mass is 9.80. The van der Waals surface area contributed by atoms with E-state index in [9.17, 15) is 0 Å². The number of benzene rings is 3. The number of fused-ring (bicyclic) bond motifs is 1. The van der Waals surface area contributed by atoms with Gasteiger partial charge in [0.1, 0.15) is 0 Å². The Balaban J connectivity index is 1.95. The Labute approximate surface area is 150 Å². The summed E-state index contributed by atoms with van der Waals surface area (Å²) < 4.78 is 0. The molecular weight excluding hydrogens is 300 g/mol. The normalized spacial score (nSPS) is 13.0. The van der Waals surface area contributed by atoms with Crippen LogP contribution in [-0.4, -0.2) is 0 Å². The minimum absolute atomic E-state index is 0.250. The molecule has 0 aliphatic heterocycles. The van der Waals surface area contributed by atoms with E-state index >= 15 is 0 Å². The topological polar surface area (TPSA) is 0 Å². The summed E-state index contributed by atoms with van der Waals surface area (Å²) in [6.45, 7) is 6.41. The monoisotopic (exact) mass is 324 g/mol. The van der Waals surface area contributed by atoms with Gasteiger partial charge < -0.3 is 0 Å². The van der Waals surface area contributed by atoms with Crippen LogP contribution in [0.2, 0.25) is 0 Å². The first-order valence-electron chi connectivity index (χ1n) is 9.15. The Morgan fingerprint density at radius 3 is 1.84 bits per heavy atom. The van der Waals surface area contributed by atoms with Gasteiger partial charge >= 0.3 is 0 Å². The van der Waals surface area contributed by atoms with Crippen molar-refractivity contribution in [3.8, 4) is 0 Å². The van der Waals surface area contributed by atoms with Crippen LogP contribution in [0.5, 0.6) is 0 Å². The largest absolute Gasteiger partial charge is 0.0955 e. The van der Waals surface area contributed by atoms with E-state index in [0.717, 1.165) is 5.57 Å². The molecule has 0 saturated carbocycles. The van der Waals surface area contributed by atoms with Gasteiger partial charge in [-0.15, -0.1) is 0 Å². The second-order valence-corrected chi connectivity index (χ2v) is 7.10. The maximum Gasteiger partial charge on any atom is 0.0346 e. The third-order valence-electron chi connectivity index (χ3n) is 5.30. The number of aryl methyl sites for hydroxylation is 2. The summed E-state index contributed by atoms with van der Waals surface area (Å²) in [6.07, 6.45) is 3.68. The Morgan fingerprint density at radius 2 is 1.32 bits per heavy atom. The zero-order valence-electron chi connectivity index (χ0n) is 14.8. The van der Waals surface area contributed by atoms with Crippen molar-refractivity contribution in [3.63, 3.8) is 0 Å². The van der Waals surface area contributed by atoms with Crippen LogP contribution in [-0.2, 0) is 12.8 Å². The van der Waals surface area contributed by atoms with Gasteiger partial charge in [0.05, 0.1) is 0 Å². The van der Waals surface area contributed by atoms with Gasteiger partial charge in [-0.05, 0) is 59.6 Å². The predicted molar refractivity (Wildman–Crippen MR) is 107 cm³/mol. The summed E-state index contributed by atoms with van der Waals surface area (Å²) in [5, 5.41) is 0. The highest BCUT2D eigenvalue weighted by molar-refractivity contribution is 5.69. The third kappa shape index (κ3) is 3.05. The molecule has 25 heavy (non-hydrogen) atoms. The van der Waals surface area contributed by atoms with E-state index in [2.05, 4.69) is 86.3 Å². The predicted octanol–water partition coefficient (Wildman–Crippen LogP) is 6.39. The third-order valence-corrected chi connectivity index (χ3v) is 5.30.